The Morgan fingerprint density at radius 2 is 1.87 bits per heavy atom. The number of methoxy groups -OCH3 is 1. The van der Waals surface area contributed by atoms with Crippen molar-refractivity contribution in [2.75, 3.05) is 13.7 Å². The van der Waals surface area contributed by atoms with E-state index in [1.807, 2.05) is 44.2 Å². The lowest BCUT2D eigenvalue weighted by Gasteiger charge is -2.38. The third-order valence-electron chi connectivity index (χ3n) is 5.35. The number of ether oxygens (including phenoxy) is 6. The normalized spacial score (nSPS) is 34.8. The number of hydroxylamine groups is 1. The quantitative estimate of drug-likeness (QED) is 0.541. The summed E-state index contributed by atoms with van der Waals surface area (Å²) in [5, 5.41) is 0. The average Bonchev–Trinajstić information content (AvgIpc) is 3.12. The smallest absolute Gasteiger partial charge is 0.330 e. The van der Waals surface area contributed by atoms with Crippen molar-refractivity contribution in [3.63, 3.8) is 0 Å². The molecule has 3 saturated heterocycles. The van der Waals surface area contributed by atoms with E-state index in [0.717, 1.165) is 5.56 Å². The second kappa shape index (κ2) is 7.83. The summed E-state index contributed by atoms with van der Waals surface area (Å²) in [4.78, 5) is 18.4. The molecule has 0 unspecified atom stereocenters. The van der Waals surface area contributed by atoms with Gasteiger partial charge in [-0.1, -0.05) is 30.3 Å². The minimum Gasteiger partial charge on any atom is -0.468 e. The summed E-state index contributed by atoms with van der Waals surface area (Å²) in [6.45, 7) is 7.68. The average molecular weight is 423 g/mol. The van der Waals surface area contributed by atoms with Crippen LogP contribution in [0.1, 0.15) is 33.3 Å². The van der Waals surface area contributed by atoms with E-state index in [-0.39, 0.29) is 13.2 Å². The van der Waals surface area contributed by atoms with Crippen molar-refractivity contribution in [2.24, 2.45) is 0 Å². The number of hydrogen-bond donors (Lipinski definition) is 1. The van der Waals surface area contributed by atoms with E-state index in [1.54, 1.807) is 13.8 Å². The third-order valence-corrected chi connectivity index (χ3v) is 5.35. The van der Waals surface area contributed by atoms with Crippen LogP contribution < -0.4 is 5.48 Å². The van der Waals surface area contributed by atoms with Crippen LogP contribution in [-0.4, -0.2) is 61.4 Å². The first-order chi connectivity index (χ1) is 14.2. The Kier molecular flexibility index (Phi) is 5.65. The summed E-state index contributed by atoms with van der Waals surface area (Å²) in [5.41, 5.74) is 3.73. The predicted molar refractivity (Wildman–Crippen MR) is 103 cm³/mol. The van der Waals surface area contributed by atoms with Crippen LogP contribution >= 0.6 is 0 Å². The van der Waals surface area contributed by atoms with Gasteiger partial charge in [0.1, 0.15) is 18.3 Å². The Morgan fingerprint density at radius 3 is 2.57 bits per heavy atom. The van der Waals surface area contributed by atoms with Gasteiger partial charge in [-0.05, 0) is 33.3 Å². The second-order valence-electron chi connectivity index (χ2n) is 8.56. The van der Waals surface area contributed by atoms with Gasteiger partial charge in [0.05, 0.1) is 20.3 Å². The lowest BCUT2D eigenvalue weighted by molar-refractivity contribution is -0.331. The van der Waals surface area contributed by atoms with Gasteiger partial charge in [0.2, 0.25) is 5.79 Å². The van der Waals surface area contributed by atoms with Crippen LogP contribution in [0, 0.1) is 0 Å². The highest BCUT2D eigenvalue weighted by Crippen LogP contribution is 2.50. The molecule has 0 amide bonds. The van der Waals surface area contributed by atoms with Gasteiger partial charge in [-0.25, -0.2) is 0 Å². The molecule has 9 nitrogen and oxygen atoms in total. The first-order valence-electron chi connectivity index (χ1n) is 10.0. The van der Waals surface area contributed by atoms with Gasteiger partial charge in [-0.3, -0.25) is 9.63 Å². The molecule has 0 saturated carbocycles. The summed E-state index contributed by atoms with van der Waals surface area (Å²) >= 11 is 0. The van der Waals surface area contributed by atoms with Gasteiger partial charge >= 0.3 is 5.97 Å². The van der Waals surface area contributed by atoms with Gasteiger partial charge in [0.25, 0.3) is 0 Å². The Bertz CT molecular complexity index is 770. The largest absolute Gasteiger partial charge is 0.468 e. The molecule has 4 rings (SSSR count). The van der Waals surface area contributed by atoms with Gasteiger partial charge in [0, 0.05) is 0 Å². The molecule has 3 aliphatic heterocycles. The van der Waals surface area contributed by atoms with E-state index in [0.29, 0.717) is 0 Å². The third kappa shape index (κ3) is 3.99. The van der Waals surface area contributed by atoms with E-state index in [2.05, 4.69) is 5.48 Å². The van der Waals surface area contributed by atoms with Crippen LogP contribution in [0.25, 0.3) is 0 Å². The van der Waals surface area contributed by atoms with Crippen molar-refractivity contribution in [3.05, 3.63) is 35.9 Å². The molecule has 1 aromatic carbocycles. The van der Waals surface area contributed by atoms with E-state index in [4.69, 9.17) is 33.3 Å². The Balaban J connectivity index is 1.59. The van der Waals surface area contributed by atoms with Crippen molar-refractivity contribution in [3.8, 4) is 0 Å². The molecule has 3 aliphatic rings. The molecule has 5 atom stereocenters. The SMILES string of the molecule is COC(=O)[C@H](NOCc1ccccc1)[C@@]12O[C@H]3COC(C)(C)O[C@H]3[C@@H]1OC(C)(C)O2. The van der Waals surface area contributed by atoms with Crippen LogP contribution in [0.15, 0.2) is 30.3 Å². The molecular weight excluding hydrogens is 394 g/mol. The fraction of sp³-hybridized carbons (Fsp3) is 0.667. The highest BCUT2D eigenvalue weighted by Gasteiger charge is 2.71. The standard InChI is InChI=1S/C21H29NO8/c1-19(2)25-12-14-15(28-19)17-21(27-14,30-20(3,4)29-17)16(18(23)24-5)22-26-11-13-9-7-6-8-10-13/h6-10,14-17,22H,11-12H2,1-5H3/t14-,15+,16-,17-,21-/m0/s1. The number of nitrogens with one attached hydrogen (secondary N) is 1. The summed E-state index contributed by atoms with van der Waals surface area (Å²) in [5.74, 6) is -3.93. The van der Waals surface area contributed by atoms with Crippen molar-refractivity contribution in [2.45, 2.75) is 76.0 Å². The zero-order chi connectivity index (χ0) is 21.6. The van der Waals surface area contributed by atoms with E-state index >= 15 is 0 Å². The van der Waals surface area contributed by atoms with Crippen LogP contribution in [0.2, 0.25) is 0 Å². The van der Waals surface area contributed by atoms with Crippen LogP contribution in [0.5, 0.6) is 0 Å². The maximum absolute atomic E-state index is 12.8. The molecule has 30 heavy (non-hydrogen) atoms. The van der Waals surface area contributed by atoms with Crippen LogP contribution in [0.4, 0.5) is 0 Å². The fourth-order valence-electron chi connectivity index (χ4n) is 4.14. The number of carbonyl (C=O) groups excluding carboxylic acids is 1. The van der Waals surface area contributed by atoms with Gasteiger partial charge in [0.15, 0.2) is 17.6 Å². The maximum atomic E-state index is 12.8. The Hall–Kier alpha value is -1.59. The van der Waals surface area contributed by atoms with E-state index in [1.165, 1.54) is 7.11 Å². The lowest BCUT2D eigenvalue weighted by atomic mass is 9.98. The Morgan fingerprint density at radius 1 is 1.13 bits per heavy atom. The molecule has 166 valence electrons. The van der Waals surface area contributed by atoms with Gasteiger partial charge in [-0.15, -0.1) is 0 Å². The molecule has 3 fully saturated rings. The number of carbonyl (C=O) groups is 1. The van der Waals surface area contributed by atoms with Crippen molar-refractivity contribution in [1.29, 1.82) is 0 Å². The molecular formula is C21H29NO8. The Labute approximate surface area is 175 Å². The first kappa shape index (κ1) is 21.6. The van der Waals surface area contributed by atoms with Crippen LogP contribution in [0.3, 0.4) is 0 Å². The number of hydrogen-bond acceptors (Lipinski definition) is 9. The van der Waals surface area contributed by atoms with Gasteiger partial charge in [-0.2, -0.15) is 5.48 Å². The monoisotopic (exact) mass is 423 g/mol. The van der Waals surface area contributed by atoms with E-state index < -0.39 is 47.7 Å². The maximum Gasteiger partial charge on any atom is 0.330 e. The summed E-state index contributed by atoms with van der Waals surface area (Å²) in [7, 11) is 1.30. The molecule has 9 heteroatoms. The van der Waals surface area contributed by atoms with Crippen molar-refractivity contribution < 1.29 is 38.1 Å². The highest BCUT2D eigenvalue weighted by molar-refractivity contribution is 5.77. The molecule has 0 aromatic heterocycles. The molecule has 1 N–H and O–H groups in total. The number of rotatable bonds is 6. The molecule has 0 radical (unpaired) electrons. The summed E-state index contributed by atoms with van der Waals surface area (Å²) in [6, 6.07) is 8.46. The van der Waals surface area contributed by atoms with Crippen LogP contribution in [-0.2, 0) is 44.7 Å². The van der Waals surface area contributed by atoms with Crippen molar-refractivity contribution >= 4 is 5.97 Å². The summed E-state index contributed by atoms with van der Waals surface area (Å²) < 4.78 is 35.4. The molecule has 0 aliphatic carbocycles. The topological polar surface area (TPSA) is 93.7 Å². The van der Waals surface area contributed by atoms with E-state index in [9.17, 15) is 4.79 Å². The zero-order valence-corrected chi connectivity index (χ0v) is 17.9. The minimum absolute atomic E-state index is 0.235. The molecule has 0 spiro atoms. The number of fused-ring (bicyclic) bond motifs is 3. The first-order valence-corrected chi connectivity index (χ1v) is 10.0. The number of esters is 1. The second-order valence-corrected chi connectivity index (χ2v) is 8.56. The summed E-state index contributed by atoms with van der Waals surface area (Å²) in [6.07, 6.45) is -1.65. The lowest BCUT2D eigenvalue weighted by Crippen LogP contribution is -2.61. The minimum atomic E-state index is -1.51. The number of benzene rings is 1. The van der Waals surface area contributed by atoms with Gasteiger partial charge < -0.3 is 28.4 Å². The van der Waals surface area contributed by atoms with Crippen molar-refractivity contribution in [1.82, 2.24) is 5.48 Å². The zero-order valence-electron chi connectivity index (χ0n) is 17.9. The fourth-order valence-corrected chi connectivity index (χ4v) is 4.14. The predicted octanol–water partition coefficient (Wildman–Crippen LogP) is 1.65. The molecule has 0 bridgehead atoms. The molecule has 3 heterocycles. The molecule has 1 aromatic rings. The highest BCUT2D eigenvalue weighted by atomic mass is 16.9.